The molecule has 142 valence electrons. The van der Waals surface area contributed by atoms with E-state index in [1.807, 2.05) is 30.3 Å². The van der Waals surface area contributed by atoms with Crippen molar-refractivity contribution in [2.75, 3.05) is 25.1 Å². The average molecular weight is 407 g/mol. The predicted octanol–water partition coefficient (Wildman–Crippen LogP) is 3.71. The predicted molar refractivity (Wildman–Crippen MR) is 107 cm³/mol. The zero-order valence-corrected chi connectivity index (χ0v) is 16.4. The molecule has 0 saturated carbocycles. The van der Waals surface area contributed by atoms with E-state index in [9.17, 15) is 9.59 Å². The lowest BCUT2D eigenvalue weighted by Crippen LogP contribution is -2.34. The van der Waals surface area contributed by atoms with Gasteiger partial charge >= 0.3 is 0 Å². The first-order valence-electron chi connectivity index (χ1n) is 8.64. The minimum atomic E-state index is -0.376. The Morgan fingerprint density at radius 3 is 2.81 bits per heavy atom. The van der Waals surface area contributed by atoms with Gasteiger partial charge in [0.1, 0.15) is 5.75 Å². The molecule has 1 N–H and O–H groups in total. The van der Waals surface area contributed by atoms with Crippen LogP contribution >= 0.6 is 23.2 Å². The summed E-state index contributed by atoms with van der Waals surface area (Å²) in [6, 6.07) is 12.7. The van der Waals surface area contributed by atoms with E-state index in [0.717, 1.165) is 11.3 Å². The van der Waals surface area contributed by atoms with Gasteiger partial charge in [0, 0.05) is 31.3 Å². The Kier molecular flexibility index (Phi) is 6.24. The van der Waals surface area contributed by atoms with Crippen molar-refractivity contribution < 1.29 is 14.3 Å². The normalized spacial score (nSPS) is 16.5. The molecular weight excluding hydrogens is 387 g/mol. The van der Waals surface area contributed by atoms with Crippen LogP contribution in [0.4, 0.5) is 5.69 Å². The van der Waals surface area contributed by atoms with Gasteiger partial charge in [-0.15, -0.1) is 0 Å². The Morgan fingerprint density at radius 2 is 2.04 bits per heavy atom. The molecular formula is C20H20Cl2N2O3. The van der Waals surface area contributed by atoms with Crippen LogP contribution < -0.4 is 15.0 Å². The second kappa shape index (κ2) is 8.63. The molecule has 5 nitrogen and oxygen atoms in total. The highest BCUT2D eigenvalue weighted by Gasteiger charge is 2.35. The van der Waals surface area contributed by atoms with E-state index in [1.54, 1.807) is 24.1 Å². The lowest BCUT2D eigenvalue weighted by Gasteiger charge is -2.17. The van der Waals surface area contributed by atoms with E-state index in [0.29, 0.717) is 35.3 Å². The van der Waals surface area contributed by atoms with E-state index in [4.69, 9.17) is 27.9 Å². The molecule has 2 amide bonds. The Bertz CT molecular complexity index is 857. The Labute approximate surface area is 168 Å². The number of amides is 2. The topological polar surface area (TPSA) is 58.6 Å². The summed E-state index contributed by atoms with van der Waals surface area (Å²) >= 11 is 12.2. The minimum absolute atomic E-state index is 0.0683. The number of rotatable bonds is 6. The molecule has 7 heteroatoms. The second-order valence-corrected chi connectivity index (χ2v) is 7.15. The summed E-state index contributed by atoms with van der Waals surface area (Å²) < 4.78 is 5.20. The van der Waals surface area contributed by atoms with Crippen LogP contribution in [0.5, 0.6) is 5.75 Å². The van der Waals surface area contributed by atoms with E-state index in [2.05, 4.69) is 5.32 Å². The highest BCUT2D eigenvalue weighted by molar-refractivity contribution is 6.42. The third-order valence-corrected chi connectivity index (χ3v) is 5.44. The molecule has 0 bridgehead atoms. The lowest BCUT2D eigenvalue weighted by molar-refractivity contribution is -0.126. The number of anilines is 1. The largest absolute Gasteiger partial charge is 0.497 e. The number of hydrogen-bond donors (Lipinski definition) is 1. The van der Waals surface area contributed by atoms with Crippen molar-refractivity contribution in [3.63, 3.8) is 0 Å². The molecule has 0 aromatic heterocycles. The van der Waals surface area contributed by atoms with Crippen molar-refractivity contribution >= 4 is 40.7 Å². The molecule has 1 atom stereocenters. The summed E-state index contributed by atoms with van der Waals surface area (Å²) in [4.78, 5) is 26.4. The zero-order chi connectivity index (χ0) is 19.4. The number of methoxy groups -OCH3 is 1. The first-order valence-corrected chi connectivity index (χ1v) is 9.40. The number of halogens is 2. The molecule has 1 fully saturated rings. The van der Waals surface area contributed by atoms with Gasteiger partial charge in [-0.05, 0) is 30.2 Å². The zero-order valence-electron chi connectivity index (χ0n) is 14.9. The van der Waals surface area contributed by atoms with E-state index >= 15 is 0 Å². The van der Waals surface area contributed by atoms with Crippen molar-refractivity contribution in [1.29, 1.82) is 0 Å². The molecule has 3 rings (SSSR count). The molecule has 0 spiro atoms. The number of ether oxygens (including phenoxy) is 1. The number of hydrogen-bond acceptors (Lipinski definition) is 3. The number of benzene rings is 2. The van der Waals surface area contributed by atoms with Crippen LogP contribution in [0.25, 0.3) is 0 Å². The first kappa shape index (κ1) is 19.5. The number of carbonyl (C=O) groups is 2. The fourth-order valence-corrected chi connectivity index (χ4v) is 3.53. The van der Waals surface area contributed by atoms with E-state index in [1.165, 1.54) is 0 Å². The van der Waals surface area contributed by atoms with Crippen LogP contribution in [0.1, 0.15) is 12.0 Å². The quantitative estimate of drug-likeness (QED) is 0.794. The van der Waals surface area contributed by atoms with E-state index < -0.39 is 0 Å². The summed E-state index contributed by atoms with van der Waals surface area (Å²) in [5.41, 5.74) is 1.62. The Morgan fingerprint density at radius 1 is 1.26 bits per heavy atom. The third kappa shape index (κ3) is 4.54. The molecule has 1 heterocycles. The monoisotopic (exact) mass is 406 g/mol. The molecule has 1 saturated heterocycles. The maximum Gasteiger partial charge on any atom is 0.227 e. The van der Waals surface area contributed by atoms with E-state index in [-0.39, 0.29) is 24.2 Å². The van der Waals surface area contributed by atoms with Crippen molar-refractivity contribution in [3.8, 4) is 5.75 Å². The van der Waals surface area contributed by atoms with Crippen LogP contribution in [-0.2, 0) is 16.0 Å². The Hall–Kier alpha value is -2.24. The maximum absolute atomic E-state index is 12.5. The van der Waals surface area contributed by atoms with Crippen LogP contribution in [0.2, 0.25) is 10.0 Å². The smallest absolute Gasteiger partial charge is 0.227 e. The van der Waals surface area contributed by atoms with Crippen molar-refractivity contribution in [2.45, 2.75) is 12.8 Å². The average Bonchev–Trinajstić information content (AvgIpc) is 3.07. The first-order chi connectivity index (χ1) is 13.0. The molecule has 1 unspecified atom stereocenters. The van der Waals surface area contributed by atoms with Gasteiger partial charge in [0.2, 0.25) is 11.8 Å². The van der Waals surface area contributed by atoms with Crippen LogP contribution in [0.3, 0.4) is 0 Å². The van der Waals surface area contributed by atoms with Gasteiger partial charge in [-0.1, -0.05) is 41.4 Å². The summed E-state index contributed by atoms with van der Waals surface area (Å²) in [6.45, 7) is 0.790. The highest BCUT2D eigenvalue weighted by atomic mass is 35.5. The molecule has 1 aliphatic heterocycles. The van der Waals surface area contributed by atoms with Gasteiger partial charge in [-0.2, -0.15) is 0 Å². The van der Waals surface area contributed by atoms with Gasteiger partial charge in [0.25, 0.3) is 0 Å². The fraction of sp³-hybridized carbons (Fsp3) is 0.300. The standard InChI is InChI=1S/C20H20Cl2N2O3/c1-27-16-6-3-5-15(11-16)24-12-14(10-18(24)25)20(26)23-9-8-13-4-2-7-17(21)19(13)22/h2-7,11,14H,8-10,12H2,1H3,(H,23,26). The Balaban J connectivity index is 1.56. The maximum atomic E-state index is 12.5. The SMILES string of the molecule is COc1cccc(N2CC(C(=O)NCCc3cccc(Cl)c3Cl)CC2=O)c1. The van der Waals surface area contributed by atoms with Gasteiger partial charge in [0.15, 0.2) is 0 Å². The summed E-state index contributed by atoms with van der Waals surface area (Å²) in [5.74, 6) is 0.0957. The lowest BCUT2D eigenvalue weighted by atomic mass is 10.1. The van der Waals surface area contributed by atoms with Gasteiger partial charge in [0.05, 0.1) is 23.1 Å². The van der Waals surface area contributed by atoms with Gasteiger partial charge in [-0.3, -0.25) is 9.59 Å². The molecule has 0 aliphatic carbocycles. The number of carbonyl (C=O) groups excluding carboxylic acids is 2. The molecule has 2 aromatic rings. The van der Waals surface area contributed by atoms with Gasteiger partial charge < -0.3 is 15.0 Å². The van der Waals surface area contributed by atoms with Crippen LogP contribution in [-0.4, -0.2) is 32.0 Å². The molecule has 2 aromatic carbocycles. The summed E-state index contributed by atoms with van der Waals surface area (Å²) in [6.07, 6.45) is 0.770. The fourth-order valence-electron chi connectivity index (χ4n) is 3.12. The molecule has 27 heavy (non-hydrogen) atoms. The summed E-state index contributed by atoms with van der Waals surface area (Å²) in [5, 5.41) is 3.89. The number of nitrogens with zero attached hydrogens (tertiary/aromatic N) is 1. The van der Waals surface area contributed by atoms with Crippen LogP contribution in [0.15, 0.2) is 42.5 Å². The molecule has 0 radical (unpaired) electrons. The molecule has 1 aliphatic rings. The van der Waals surface area contributed by atoms with Gasteiger partial charge in [-0.25, -0.2) is 0 Å². The van der Waals surface area contributed by atoms with Crippen molar-refractivity contribution in [1.82, 2.24) is 5.32 Å². The minimum Gasteiger partial charge on any atom is -0.497 e. The third-order valence-electron chi connectivity index (χ3n) is 4.59. The van der Waals surface area contributed by atoms with Crippen LogP contribution in [0, 0.1) is 5.92 Å². The number of nitrogens with one attached hydrogen (secondary N) is 1. The second-order valence-electron chi connectivity index (χ2n) is 6.36. The van der Waals surface area contributed by atoms with Crippen molar-refractivity contribution in [3.05, 3.63) is 58.1 Å². The summed E-state index contributed by atoms with van der Waals surface area (Å²) in [7, 11) is 1.58. The van der Waals surface area contributed by atoms with Crippen molar-refractivity contribution in [2.24, 2.45) is 5.92 Å². The highest BCUT2D eigenvalue weighted by Crippen LogP contribution is 2.28.